The molecular formula is C25H26F2N6O5S. The molecule has 1 unspecified atom stereocenters. The van der Waals surface area contributed by atoms with Gasteiger partial charge in [0.2, 0.25) is 5.91 Å². The largest absolute Gasteiger partial charge is 0.494 e. The van der Waals surface area contributed by atoms with E-state index in [9.17, 15) is 26.8 Å². The Morgan fingerprint density at radius 1 is 1.10 bits per heavy atom. The van der Waals surface area contributed by atoms with E-state index in [-0.39, 0.29) is 33.5 Å². The van der Waals surface area contributed by atoms with Crippen LogP contribution in [0, 0.1) is 5.92 Å². The number of amides is 2. The highest BCUT2D eigenvalue weighted by molar-refractivity contribution is 7.92. The lowest BCUT2D eigenvalue weighted by atomic mass is 10.1. The van der Waals surface area contributed by atoms with Gasteiger partial charge in [0, 0.05) is 38.1 Å². The molecule has 1 aliphatic rings. The molecule has 0 saturated heterocycles. The van der Waals surface area contributed by atoms with Crippen LogP contribution in [0.15, 0.2) is 47.8 Å². The number of nitrogens with zero attached hydrogens (tertiary/aromatic N) is 3. The summed E-state index contributed by atoms with van der Waals surface area (Å²) >= 11 is 0. The molecule has 4 rings (SSSR count). The minimum Gasteiger partial charge on any atom is -0.494 e. The standard InChI is InChI=1S/C25H26F2N6O5S/c1-13(2)39(36,37)14-10-30-22(31-11-14)15-6-5-7-18(21(15)38-4)32-19-8-20(29-12-16(19)23(34)28-3)33-24(35)17-9-25(17,26)27/h5-8,10-13,17H,9H2,1-4H3,(H,28,34)(H2,29,32,33,35). The summed E-state index contributed by atoms with van der Waals surface area (Å²) in [6, 6.07) is 6.33. The van der Waals surface area contributed by atoms with Crippen molar-refractivity contribution >= 4 is 38.8 Å². The maximum absolute atomic E-state index is 13.3. The van der Waals surface area contributed by atoms with Crippen molar-refractivity contribution in [3.63, 3.8) is 0 Å². The highest BCUT2D eigenvalue weighted by atomic mass is 32.2. The maximum atomic E-state index is 13.3. The van der Waals surface area contributed by atoms with Gasteiger partial charge in [-0.1, -0.05) is 6.07 Å². The Morgan fingerprint density at radius 2 is 1.77 bits per heavy atom. The molecule has 2 heterocycles. The Balaban J connectivity index is 1.68. The Kier molecular flexibility index (Phi) is 7.50. The number of sulfone groups is 1. The molecule has 14 heteroatoms. The lowest BCUT2D eigenvalue weighted by molar-refractivity contribution is -0.119. The number of methoxy groups -OCH3 is 1. The third-order valence-electron chi connectivity index (χ3n) is 6.08. The summed E-state index contributed by atoms with van der Waals surface area (Å²) < 4.78 is 57.1. The van der Waals surface area contributed by atoms with Crippen molar-refractivity contribution in [2.75, 3.05) is 24.8 Å². The van der Waals surface area contributed by atoms with E-state index in [1.54, 1.807) is 32.0 Å². The van der Waals surface area contributed by atoms with Crippen LogP contribution in [0.4, 0.5) is 26.0 Å². The Hall–Kier alpha value is -4.20. The molecule has 1 aliphatic carbocycles. The number of hydrogen-bond donors (Lipinski definition) is 3. The molecule has 3 N–H and O–H groups in total. The van der Waals surface area contributed by atoms with Crippen LogP contribution in [0.2, 0.25) is 0 Å². The maximum Gasteiger partial charge on any atom is 0.260 e. The first-order valence-electron chi connectivity index (χ1n) is 11.8. The van der Waals surface area contributed by atoms with Crippen molar-refractivity contribution in [2.24, 2.45) is 5.92 Å². The van der Waals surface area contributed by atoms with Crippen LogP contribution in [-0.4, -0.2) is 60.5 Å². The van der Waals surface area contributed by atoms with Crippen LogP contribution in [-0.2, 0) is 14.6 Å². The normalized spacial score (nSPS) is 15.9. The highest BCUT2D eigenvalue weighted by Crippen LogP contribution is 2.49. The number of alkyl halides is 2. The Labute approximate surface area is 223 Å². The van der Waals surface area contributed by atoms with Crippen LogP contribution in [0.25, 0.3) is 11.4 Å². The molecule has 2 aromatic heterocycles. The average molecular weight is 561 g/mol. The quantitative estimate of drug-likeness (QED) is 0.357. The number of pyridine rings is 1. The van der Waals surface area contributed by atoms with Crippen LogP contribution in [0.1, 0.15) is 30.6 Å². The summed E-state index contributed by atoms with van der Waals surface area (Å²) in [5.74, 6) is -5.38. The van der Waals surface area contributed by atoms with Crippen molar-refractivity contribution in [3.05, 3.63) is 48.4 Å². The zero-order chi connectivity index (χ0) is 28.5. The number of aromatic nitrogens is 3. The average Bonchev–Trinajstić information content (AvgIpc) is 3.56. The predicted molar refractivity (Wildman–Crippen MR) is 139 cm³/mol. The van der Waals surface area contributed by atoms with Gasteiger partial charge >= 0.3 is 0 Å². The van der Waals surface area contributed by atoms with Crippen molar-refractivity contribution < 1.29 is 31.5 Å². The first-order valence-corrected chi connectivity index (χ1v) is 13.3. The lowest BCUT2D eigenvalue weighted by Crippen LogP contribution is -2.21. The fourth-order valence-corrected chi connectivity index (χ4v) is 4.65. The van der Waals surface area contributed by atoms with Crippen molar-refractivity contribution in [3.8, 4) is 17.1 Å². The molecule has 2 amide bonds. The van der Waals surface area contributed by atoms with Gasteiger partial charge in [-0.2, -0.15) is 0 Å². The molecule has 1 saturated carbocycles. The SMILES string of the molecule is CNC(=O)c1cnc(NC(=O)C2CC2(F)F)cc1Nc1cccc(-c2ncc(S(=O)(=O)C(C)C)cn2)c1OC. The molecule has 0 bridgehead atoms. The summed E-state index contributed by atoms with van der Waals surface area (Å²) in [5, 5.41) is 7.28. The third-order valence-corrected chi connectivity index (χ3v) is 8.19. The molecule has 39 heavy (non-hydrogen) atoms. The summed E-state index contributed by atoms with van der Waals surface area (Å²) in [6.45, 7) is 3.12. The zero-order valence-electron chi connectivity index (χ0n) is 21.5. The number of carbonyl (C=O) groups excluding carboxylic acids is 2. The van der Waals surface area contributed by atoms with Gasteiger partial charge in [0.25, 0.3) is 11.8 Å². The van der Waals surface area contributed by atoms with Crippen LogP contribution in [0.3, 0.4) is 0 Å². The van der Waals surface area contributed by atoms with E-state index >= 15 is 0 Å². The van der Waals surface area contributed by atoms with Crippen molar-refractivity contribution in [1.29, 1.82) is 0 Å². The molecule has 1 fully saturated rings. The first-order chi connectivity index (χ1) is 18.4. The monoisotopic (exact) mass is 560 g/mol. The fraction of sp³-hybridized carbons (Fsp3) is 0.320. The van der Waals surface area contributed by atoms with Crippen LogP contribution >= 0.6 is 0 Å². The van der Waals surface area contributed by atoms with Gasteiger partial charge in [0.05, 0.1) is 34.9 Å². The fourth-order valence-electron chi connectivity index (χ4n) is 3.70. The number of ether oxygens (including phenoxy) is 1. The van der Waals surface area contributed by atoms with Crippen LogP contribution < -0.4 is 20.7 Å². The summed E-state index contributed by atoms with van der Waals surface area (Å²) in [4.78, 5) is 37.1. The van der Waals surface area contributed by atoms with Gasteiger partial charge in [-0.25, -0.2) is 32.2 Å². The van der Waals surface area contributed by atoms with Gasteiger partial charge in [-0.15, -0.1) is 0 Å². The van der Waals surface area contributed by atoms with E-state index < -0.39 is 45.2 Å². The van der Waals surface area contributed by atoms with Gasteiger partial charge in [-0.05, 0) is 26.0 Å². The van der Waals surface area contributed by atoms with Gasteiger partial charge in [-0.3, -0.25) is 9.59 Å². The van der Waals surface area contributed by atoms with E-state index in [0.29, 0.717) is 11.3 Å². The number of carbonyl (C=O) groups is 2. The second-order valence-electron chi connectivity index (χ2n) is 9.05. The number of benzene rings is 1. The van der Waals surface area contributed by atoms with Crippen molar-refractivity contribution in [2.45, 2.75) is 36.3 Å². The molecule has 1 atom stereocenters. The second kappa shape index (κ2) is 10.5. The molecule has 206 valence electrons. The molecule has 11 nitrogen and oxygen atoms in total. The number of hydrogen-bond acceptors (Lipinski definition) is 9. The molecular weight excluding hydrogens is 534 g/mol. The summed E-state index contributed by atoms with van der Waals surface area (Å²) in [5.41, 5.74) is 1.12. The van der Waals surface area contributed by atoms with E-state index in [1.807, 2.05) is 0 Å². The molecule has 0 radical (unpaired) electrons. The predicted octanol–water partition coefficient (Wildman–Crippen LogP) is 3.43. The molecule has 1 aromatic carbocycles. The van der Waals surface area contributed by atoms with E-state index in [2.05, 4.69) is 30.9 Å². The Morgan fingerprint density at radius 3 is 2.33 bits per heavy atom. The number of nitrogens with one attached hydrogen (secondary N) is 3. The van der Waals surface area contributed by atoms with Crippen molar-refractivity contribution in [1.82, 2.24) is 20.3 Å². The number of halogens is 2. The van der Waals surface area contributed by atoms with E-state index in [4.69, 9.17) is 4.74 Å². The van der Waals surface area contributed by atoms with E-state index in [0.717, 1.165) is 0 Å². The number of rotatable bonds is 9. The number of anilines is 3. The van der Waals surface area contributed by atoms with Gasteiger partial charge in [0.15, 0.2) is 21.4 Å². The number of para-hydroxylation sites is 1. The first kappa shape index (κ1) is 27.8. The summed E-state index contributed by atoms with van der Waals surface area (Å²) in [7, 11) is -0.719. The zero-order valence-corrected chi connectivity index (χ0v) is 22.3. The minimum atomic E-state index is -3.56. The van der Waals surface area contributed by atoms with Gasteiger partial charge in [0.1, 0.15) is 16.6 Å². The van der Waals surface area contributed by atoms with Gasteiger partial charge < -0.3 is 20.7 Å². The third kappa shape index (κ3) is 5.65. The smallest absolute Gasteiger partial charge is 0.260 e. The highest BCUT2D eigenvalue weighted by Gasteiger charge is 2.61. The lowest BCUT2D eigenvalue weighted by Gasteiger charge is -2.17. The molecule has 0 spiro atoms. The summed E-state index contributed by atoms with van der Waals surface area (Å²) in [6.07, 6.45) is 3.12. The minimum absolute atomic E-state index is 0.0139. The topological polar surface area (TPSA) is 152 Å². The molecule has 3 aromatic rings. The Bertz CT molecular complexity index is 1530. The van der Waals surface area contributed by atoms with Crippen LogP contribution in [0.5, 0.6) is 5.75 Å². The van der Waals surface area contributed by atoms with E-state index in [1.165, 1.54) is 38.8 Å². The molecule has 0 aliphatic heterocycles. The second-order valence-corrected chi connectivity index (χ2v) is 11.6.